The number of aryl methyl sites for hydroxylation is 2. The van der Waals surface area contributed by atoms with Gasteiger partial charge in [-0.15, -0.1) is 11.3 Å². The number of urea groups is 1. The summed E-state index contributed by atoms with van der Waals surface area (Å²) in [6.07, 6.45) is 1.77. The minimum Gasteiger partial charge on any atom is -0.339 e. The SMILES string of the molecule is Cc1nc(CN2CCC(C(=O)N3CCN(C(=O)Nc4ccc(C)c(Cl)c4)CC3)CC2)cs1. The van der Waals surface area contributed by atoms with Crippen LogP contribution in [0.25, 0.3) is 0 Å². The molecule has 0 bridgehead atoms. The summed E-state index contributed by atoms with van der Waals surface area (Å²) in [5, 5.41) is 6.75. The van der Waals surface area contributed by atoms with Gasteiger partial charge in [-0.05, 0) is 57.5 Å². The molecule has 0 radical (unpaired) electrons. The van der Waals surface area contributed by atoms with Crippen LogP contribution in [0.2, 0.25) is 5.02 Å². The maximum atomic E-state index is 13.0. The van der Waals surface area contributed by atoms with Crippen molar-refractivity contribution in [2.75, 3.05) is 44.6 Å². The van der Waals surface area contributed by atoms with Crippen LogP contribution < -0.4 is 5.32 Å². The predicted molar refractivity (Wildman–Crippen MR) is 128 cm³/mol. The van der Waals surface area contributed by atoms with Crippen molar-refractivity contribution >= 4 is 40.6 Å². The van der Waals surface area contributed by atoms with Gasteiger partial charge in [-0.25, -0.2) is 9.78 Å². The van der Waals surface area contributed by atoms with E-state index in [1.54, 1.807) is 22.3 Å². The molecule has 0 spiro atoms. The van der Waals surface area contributed by atoms with E-state index in [0.717, 1.165) is 48.7 Å². The Labute approximate surface area is 198 Å². The Morgan fingerprint density at radius 3 is 2.41 bits per heavy atom. The van der Waals surface area contributed by atoms with Gasteiger partial charge in [-0.2, -0.15) is 0 Å². The summed E-state index contributed by atoms with van der Waals surface area (Å²) in [6.45, 7) is 8.92. The molecule has 7 nitrogen and oxygen atoms in total. The van der Waals surface area contributed by atoms with Crippen molar-refractivity contribution in [3.8, 4) is 0 Å². The van der Waals surface area contributed by atoms with Gasteiger partial charge in [0.15, 0.2) is 0 Å². The molecule has 1 N–H and O–H groups in total. The molecule has 0 unspecified atom stereocenters. The number of nitrogens with zero attached hydrogens (tertiary/aromatic N) is 4. The number of carbonyl (C=O) groups excluding carboxylic acids is 2. The molecule has 0 saturated carbocycles. The number of aromatic nitrogens is 1. The third-order valence-electron chi connectivity index (χ3n) is 6.29. The highest BCUT2D eigenvalue weighted by atomic mass is 35.5. The van der Waals surface area contributed by atoms with Crippen LogP contribution in [0.3, 0.4) is 0 Å². The van der Waals surface area contributed by atoms with Crippen molar-refractivity contribution in [3.63, 3.8) is 0 Å². The first kappa shape index (κ1) is 23.0. The number of nitrogens with one attached hydrogen (secondary N) is 1. The Bertz CT molecular complexity index is 965. The second kappa shape index (κ2) is 10.2. The molecule has 32 heavy (non-hydrogen) atoms. The monoisotopic (exact) mass is 475 g/mol. The molecule has 2 aliphatic heterocycles. The highest BCUT2D eigenvalue weighted by molar-refractivity contribution is 7.09. The number of carbonyl (C=O) groups is 2. The number of benzene rings is 1. The van der Waals surface area contributed by atoms with E-state index < -0.39 is 0 Å². The first-order chi connectivity index (χ1) is 15.4. The zero-order valence-electron chi connectivity index (χ0n) is 18.6. The maximum Gasteiger partial charge on any atom is 0.321 e. The van der Waals surface area contributed by atoms with Crippen LogP contribution in [0.5, 0.6) is 0 Å². The summed E-state index contributed by atoms with van der Waals surface area (Å²) >= 11 is 7.83. The van der Waals surface area contributed by atoms with Gasteiger partial charge in [-0.1, -0.05) is 17.7 Å². The highest BCUT2D eigenvalue weighted by Crippen LogP contribution is 2.23. The lowest BCUT2D eigenvalue weighted by Crippen LogP contribution is -2.53. The normalized spacial score (nSPS) is 18.1. The summed E-state index contributed by atoms with van der Waals surface area (Å²) in [5.41, 5.74) is 2.78. The van der Waals surface area contributed by atoms with Crippen molar-refractivity contribution < 1.29 is 9.59 Å². The molecule has 172 valence electrons. The Morgan fingerprint density at radius 1 is 1.09 bits per heavy atom. The largest absolute Gasteiger partial charge is 0.339 e. The molecule has 2 saturated heterocycles. The lowest BCUT2D eigenvalue weighted by Gasteiger charge is -2.38. The van der Waals surface area contributed by atoms with E-state index in [-0.39, 0.29) is 17.9 Å². The minimum atomic E-state index is -0.150. The third-order valence-corrected chi connectivity index (χ3v) is 7.52. The lowest BCUT2D eigenvalue weighted by atomic mass is 9.95. The van der Waals surface area contributed by atoms with Crippen LogP contribution in [0.4, 0.5) is 10.5 Å². The zero-order valence-corrected chi connectivity index (χ0v) is 20.2. The van der Waals surface area contributed by atoms with E-state index in [2.05, 4.69) is 20.6 Å². The quantitative estimate of drug-likeness (QED) is 0.725. The molecule has 0 aliphatic carbocycles. The summed E-state index contributed by atoms with van der Waals surface area (Å²) < 4.78 is 0. The number of rotatable bonds is 4. The number of likely N-dealkylation sites (tertiary alicyclic amines) is 1. The van der Waals surface area contributed by atoms with Gasteiger partial charge in [0.2, 0.25) is 5.91 Å². The molecule has 2 fully saturated rings. The zero-order chi connectivity index (χ0) is 22.7. The smallest absolute Gasteiger partial charge is 0.321 e. The van der Waals surface area contributed by atoms with Gasteiger partial charge in [0.25, 0.3) is 0 Å². The minimum absolute atomic E-state index is 0.0819. The molecule has 0 atom stereocenters. The Kier molecular flexibility index (Phi) is 7.33. The standard InChI is InChI=1S/C23H30ClN5O2S/c1-16-3-4-19(13-21(16)24)26-23(31)29-11-9-28(10-12-29)22(30)18-5-7-27(8-6-18)14-20-15-32-17(2)25-20/h3-4,13,15,18H,5-12,14H2,1-2H3,(H,26,31). The van der Waals surface area contributed by atoms with Crippen LogP contribution in [-0.4, -0.2) is 70.9 Å². The van der Waals surface area contributed by atoms with E-state index >= 15 is 0 Å². The Balaban J connectivity index is 1.21. The molecular weight excluding hydrogens is 446 g/mol. The Hall–Kier alpha value is -2.16. The first-order valence-electron chi connectivity index (χ1n) is 11.1. The average Bonchev–Trinajstić information content (AvgIpc) is 3.21. The fraction of sp³-hybridized carbons (Fsp3) is 0.522. The van der Waals surface area contributed by atoms with Gasteiger partial charge in [-0.3, -0.25) is 9.69 Å². The Morgan fingerprint density at radius 2 is 1.78 bits per heavy atom. The van der Waals surface area contributed by atoms with Crippen molar-refractivity contribution in [1.82, 2.24) is 19.7 Å². The van der Waals surface area contributed by atoms with Gasteiger partial charge in [0.05, 0.1) is 10.7 Å². The highest BCUT2D eigenvalue weighted by Gasteiger charge is 2.31. The maximum absolute atomic E-state index is 13.0. The number of hydrogen-bond donors (Lipinski definition) is 1. The molecule has 2 aliphatic rings. The first-order valence-corrected chi connectivity index (χ1v) is 12.4. The second-order valence-electron chi connectivity index (χ2n) is 8.61. The van der Waals surface area contributed by atoms with E-state index in [1.807, 2.05) is 30.9 Å². The van der Waals surface area contributed by atoms with E-state index in [0.29, 0.717) is 36.9 Å². The molecule has 4 rings (SSSR count). The molecule has 9 heteroatoms. The lowest BCUT2D eigenvalue weighted by molar-refractivity contribution is -0.138. The van der Waals surface area contributed by atoms with Gasteiger partial charge >= 0.3 is 6.03 Å². The van der Waals surface area contributed by atoms with E-state index in [4.69, 9.17) is 11.6 Å². The predicted octanol–water partition coefficient (Wildman–Crippen LogP) is 4.00. The van der Waals surface area contributed by atoms with Crippen LogP contribution in [0.15, 0.2) is 23.6 Å². The molecule has 2 aromatic rings. The number of piperidine rings is 1. The summed E-state index contributed by atoms with van der Waals surface area (Å²) in [4.78, 5) is 36.2. The molecule has 3 heterocycles. The van der Waals surface area contributed by atoms with Gasteiger partial charge in [0, 0.05) is 54.7 Å². The summed E-state index contributed by atoms with van der Waals surface area (Å²) in [7, 11) is 0. The van der Waals surface area contributed by atoms with E-state index in [9.17, 15) is 9.59 Å². The second-order valence-corrected chi connectivity index (χ2v) is 10.1. The number of hydrogen-bond acceptors (Lipinski definition) is 5. The topological polar surface area (TPSA) is 68.8 Å². The van der Waals surface area contributed by atoms with Crippen LogP contribution in [0.1, 0.15) is 29.1 Å². The fourth-order valence-corrected chi connectivity index (χ4v) is 5.09. The third kappa shape index (κ3) is 5.60. The van der Waals surface area contributed by atoms with Crippen LogP contribution in [-0.2, 0) is 11.3 Å². The molecule has 3 amide bonds. The van der Waals surface area contributed by atoms with Crippen molar-refractivity contribution in [3.05, 3.63) is 44.9 Å². The van der Waals surface area contributed by atoms with E-state index in [1.165, 1.54) is 0 Å². The molecular formula is C23H30ClN5O2S. The molecule has 1 aromatic carbocycles. The van der Waals surface area contributed by atoms with Crippen LogP contribution >= 0.6 is 22.9 Å². The number of thiazole rings is 1. The number of halogens is 1. The fourth-order valence-electron chi connectivity index (χ4n) is 4.31. The number of amides is 3. The average molecular weight is 476 g/mol. The number of anilines is 1. The summed E-state index contributed by atoms with van der Waals surface area (Å²) in [5.74, 6) is 0.318. The molecule has 1 aromatic heterocycles. The van der Waals surface area contributed by atoms with Crippen molar-refractivity contribution in [2.24, 2.45) is 5.92 Å². The van der Waals surface area contributed by atoms with Crippen molar-refractivity contribution in [1.29, 1.82) is 0 Å². The summed E-state index contributed by atoms with van der Waals surface area (Å²) in [6, 6.07) is 5.34. The van der Waals surface area contributed by atoms with Gasteiger partial charge < -0.3 is 15.1 Å². The van der Waals surface area contributed by atoms with Gasteiger partial charge in [0.1, 0.15) is 0 Å². The number of piperazine rings is 1. The van der Waals surface area contributed by atoms with Crippen LogP contribution in [0, 0.1) is 19.8 Å². The van der Waals surface area contributed by atoms with Crippen molar-refractivity contribution in [2.45, 2.75) is 33.2 Å².